The van der Waals surface area contributed by atoms with E-state index in [1.54, 1.807) is 0 Å². The molecule has 0 radical (unpaired) electrons. The zero-order chi connectivity index (χ0) is 35.3. The molecule has 9 aromatic carbocycles. The summed E-state index contributed by atoms with van der Waals surface area (Å²) in [5.41, 5.74) is 11.2. The van der Waals surface area contributed by atoms with Gasteiger partial charge in [-0.2, -0.15) is 0 Å². The van der Waals surface area contributed by atoms with E-state index >= 15 is 0 Å². The molecule has 0 amide bonds. The topological polar surface area (TPSA) is 3.24 Å². The van der Waals surface area contributed by atoms with Crippen molar-refractivity contribution >= 4 is 80.9 Å². The van der Waals surface area contributed by atoms with E-state index in [1.807, 2.05) is 11.3 Å². The molecule has 0 aliphatic heterocycles. The zero-order valence-corrected chi connectivity index (χ0v) is 30.4. The average molecular weight is 694 g/mol. The lowest BCUT2D eigenvalue weighted by Gasteiger charge is -2.31. The molecule has 0 spiro atoms. The molecule has 0 N–H and O–H groups in total. The molecular weight excluding hydrogens is 659 g/mol. The molecule has 1 heterocycles. The predicted molar refractivity (Wildman–Crippen MR) is 230 cm³/mol. The van der Waals surface area contributed by atoms with E-state index in [0.29, 0.717) is 0 Å². The summed E-state index contributed by atoms with van der Waals surface area (Å²) in [5.74, 6) is 0. The average Bonchev–Trinajstić information content (AvgIpc) is 3.69. The predicted octanol–water partition coefficient (Wildman–Crippen LogP) is 15.0. The Kier molecular flexibility index (Phi) is 6.53. The Labute approximate surface area is 313 Å². The number of hydrogen-bond acceptors (Lipinski definition) is 2. The maximum atomic E-state index is 2.52. The second-order valence-corrected chi connectivity index (χ2v) is 15.9. The van der Waals surface area contributed by atoms with E-state index in [4.69, 9.17) is 0 Å². The molecule has 10 aromatic rings. The summed E-state index contributed by atoms with van der Waals surface area (Å²) in [6.07, 6.45) is 0. The van der Waals surface area contributed by atoms with Gasteiger partial charge in [-0.3, -0.25) is 0 Å². The normalized spacial score (nSPS) is 13.2. The highest BCUT2D eigenvalue weighted by molar-refractivity contribution is 7.25. The Morgan fingerprint density at radius 1 is 0.415 bits per heavy atom. The smallest absolute Gasteiger partial charge is 0.0546 e. The second kappa shape index (κ2) is 11.4. The summed E-state index contributed by atoms with van der Waals surface area (Å²) in [7, 11) is 0. The van der Waals surface area contributed by atoms with Crippen molar-refractivity contribution in [2.24, 2.45) is 0 Å². The highest BCUT2D eigenvalue weighted by Crippen LogP contribution is 2.53. The quantitative estimate of drug-likeness (QED) is 0.166. The van der Waals surface area contributed by atoms with Crippen LogP contribution in [-0.4, -0.2) is 0 Å². The van der Waals surface area contributed by atoms with Crippen LogP contribution < -0.4 is 4.90 Å². The molecule has 1 aliphatic carbocycles. The van der Waals surface area contributed by atoms with Crippen molar-refractivity contribution in [3.05, 3.63) is 187 Å². The first-order chi connectivity index (χ1) is 26.1. The third kappa shape index (κ3) is 4.43. The summed E-state index contributed by atoms with van der Waals surface area (Å²) in [5, 5.41) is 10.3. The Balaban J connectivity index is 1.27. The van der Waals surface area contributed by atoms with Crippen LogP contribution in [0, 0.1) is 0 Å². The number of nitrogens with zero attached hydrogens (tertiary/aromatic N) is 1. The molecule has 0 atom stereocenters. The van der Waals surface area contributed by atoms with Gasteiger partial charge in [0, 0.05) is 47.9 Å². The number of anilines is 3. The van der Waals surface area contributed by atoms with Crippen LogP contribution in [0.4, 0.5) is 17.1 Å². The molecule has 0 bridgehead atoms. The molecule has 53 heavy (non-hydrogen) atoms. The lowest BCUT2D eigenvalue weighted by Crippen LogP contribution is -2.17. The third-order valence-electron chi connectivity index (χ3n) is 11.6. The van der Waals surface area contributed by atoms with Gasteiger partial charge >= 0.3 is 0 Å². The van der Waals surface area contributed by atoms with Crippen LogP contribution in [0.15, 0.2) is 176 Å². The molecule has 1 nitrogen and oxygen atoms in total. The Morgan fingerprint density at radius 2 is 0.981 bits per heavy atom. The summed E-state index contributed by atoms with van der Waals surface area (Å²) in [6, 6.07) is 65.5. The van der Waals surface area contributed by atoms with E-state index in [2.05, 4.69) is 195 Å². The fourth-order valence-corrected chi connectivity index (χ4v) is 10.3. The summed E-state index contributed by atoms with van der Waals surface area (Å²) in [6.45, 7) is 4.75. The number of thiophene rings is 1. The van der Waals surface area contributed by atoms with Crippen molar-refractivity contribution in [2.75, 3.05) is 4.90 Å². The van der Waals surface area contributed by atoms with Gasteiger partial charge in [-0.15, -0.1) is 11.3 Å². The first kappa shape index (κ1) is 30.4. The number of fused-ring (bicyclic) bond motifs is 12. The van der Waals surface area contributed by atoms with Crippen LogP contribution in [0.5, 0.6) is 0 Å². The first-order valence-electron chi connectivity index (χ1n) is 18.4. The molecule has 1 aliphatic rings. The summed E-state index contributed by atoms with van der Waals surface area (Å²) in [4.78, 5) is 2.52. The van der Waals surface area contributed by atoms with Crippen molar-refractivity contribution in [2.45, 2.75) is 19.3 Å². The Hall–Kier alpha value is -6.22. The fraction of sp³-hybridized carbons (Fsp3) is 0.0588. The molecular formula is C51H35NS. The van der Waals surface area contributed by atoms with Crippen LogP contribution in [0.1, 0.15) is 25.0 Å². The molecule has 1 aromatic heterocycles. The Morgan fingerprint density at radius 3 is 1.77 bits per heavy atom. The van der Waals surface area contributed by atoms with E-state index in [1.165, 1.54) is 85.9 Å². The number of benzene rings is 9. The number of rotatable bonds is 4. The zero-order valence-electron chi connectivity index (χ0n) is 29.6. The van der Waals surface area contributed by atoms with Gasteiger partial charge in [-0.1, -0.05) is 147 Å². The van der Waals surface area contributed by atoms with Crippen LogP contribution in [0.3, 0.4) is 0 Å². The maximum Gasteiger partial charge on any atom is 0.0546 e. The van der Waals surface area contributed by atoms with E-state index in [-0.39, 0.29) is 5.41 Å². The lowest BCUT2D eigenvalue weighted by atomic mass is 9.82. The van der Waals surface area contributed by atoms with Crippen LogP contribution in [-0.2, 0) is 5.41 Å². The van der Waals surface area contributed by atoms with Crippen LogP contribution in [0.2, 0.25) is 0 Å². The van der Waals surface area contributed by atoms with Crippen molar-refractivity contribution < 1.29 is 0 Å². The van der Waals surface area contributed by atoms with E-state index in [9.17, 15) is 0 Å². The monoisotopic (exact) mass is 693 g/mol. The van der Waals surface area contributed by atoms with Crippen molar-refractivity contribution in [3.63, 3.8) is 0 Å². The highest BCUT2D eigenvalue weighted by atomic mass is 32.1. The minimum atomic E-state index is -0.123. The van der Waals surface area contributed by atoms with Gasteiger partial charge in [0.05, 0.1) is 5.69 Å². The fourth-order valence-electron chi connectivity index (χ4n) is 9.18. The molecule has 2 heteroatoms. The molecule has 250 valence electrons. The standard InChI is InChI=1S/C51H35NS/c1-51(2)44-22-12-10-19-38(44)39-26-24-34(31-45(39)51)52(33-25-29-48-43(30-33)40-20-11-13-23-47(40)53-48)46-28-27-42-37-18-7-6-16-35(37)36-17-8-9-21-41(36)50(42)49(46)32-14-4-3-5-15-32/h3-31H,1-2H3. The largest absolute Gasteiger partial charge is 0.310 e. The van der Waals surface area contributed by atoms with Crippen LogP contribution >= 0.6 is 11.3 Å². The van der Waals surface area contributed by atoms with Gasteiger partial charge in [-0.05, 0) is 97.2 Å². The van der Waals surface area contributed by atoms with Crippen LogP contribution in [0.25, 0.3) is 74.7 Å². The van der Waals surface area contributed by atoms with Gasteiger partial charge in [0.1, 0.15) is 0 Å². The van der Waals surface area contributed by atoms with Gasteiger partial charge < -0.3 is 4.90 Å². The third-order valence-corrected chi connectivity index (χ3v) is 12.8. The Bertz CT molecular complexity index is 3060. The SMILES string of the molecule is CC1(C)c2ccccc2-c2ccc(N(c3ccc4sc5ccccc5c4c3)c3ccc4c5ccccc5c5ccccc5c4c3-c3ccccc3)cc21. The summed E-state index contributed by atoms with van der Waals surface area (Å²) < 4.78 is 2.62. The van der Waals surface area contributed by atoms with Gasteiger partial charge in [0.15, 0.2) is 0 Å². The minimum Gasteiger partial charge on any atom is -0.310 e. The van der Waals surface area contributed by atoms with Gasteiger partial charge in [0.2, 0.25) is 0 Å². The van der Waals surface area contributed by atoms with Crippen molar-refractivity contribution in [3.8, 4) is 22.3 Å². The van der Waals surface area contributed by atoms with E-state index in [0.717, 1.165) is 17.1 Å². The minimum absolute atomic E-state index is 0.123. The molecule has 0 unspecified atom stereocenters. The first-order valence-corrected chi connectivity index (χ1v) is 19.3. The maximum absolute atomic E-state index is 2.52. The highest BCUT2D eigenvalue weighted by Gasteiger charge is 2.36. The lowest BCUT2D eigenvalue weighted by molar-refractivity contribution is 0.660. The van der Waals surface area contributed by atoms with Gasteiger partial charge in [0.25, 0.3) is 0 Å². The van der Waals surface area contributed by atoms with Crippen molar-refractivity contribution in [1.82, 2.24) is 0 Å². The second-order valence-electron chi connectivity index (χ2n) is 14.9. The van der Waals surface area contributed by atoms with Crippen molar-refractivity contribution in [1.29, 1.82) is 0 Å². The molecule has 0 saturated heterocycles. The summed E-state index contributed by atoms with van der Waals surface area (Å²) >= 11 is 1.87. The van der Waals surface area contributed by atoms with Gasteiger partial charge in [-0.25, -0.2) is 0 Å². The number of hydrogen-bond donors (Lipinski definition) is 0. The molecule has 11 rings (SSSR count). The molecule has 0 fully saturated rings. The van der Waals surface area contributed by atoms with E-state index < -0.39 is 0 Å². The molecule has 0 saturated carbocycles.